The van der Waals surface area contributed by atoms with Crippen molar-refractivity contribution >= 4 is 11.6 Å². The minimum Gasteiger partial charge on any atom is -0.497 e. The molecule has 2 rings (SSSR count). The highest BCUT2D eigenvalue weighted by Crippen LogP contribution is 2.31. The van der Waals surface area contributed by atoms with Crippen LogP contribution >= 0.6 is 11.6 Å². The monoisotopic (exact) mass is 309 g/mol. The molecule has 21 heavy (non-hydrogen) atoms. The van der Waals surface area contributed by atoms with Crippen molar-refractivity contribution in [2.75, 3.05) is 21.3 Å². The van der Waals surface area contributed by atoms with E-state index in [1.54, 1.807) is 33.4 Å². The molecule has 5 heteroatoms. The third-order valence-electron chi connectivity index (χ3n) is 3.26. The fourth-order valence-electron chi connectivity index (χ4n) is 2.23. The van der Waals surface area contributed by atoms with Crippen molar-refractivity contribution in [3.63, 3.8) is 0 Å². The zero-order valence-electron chi connectivity index (χ0n) is 12.1. The molecular weight excluding hydrogens is 293 g/mol. The molecule has 0 fully saturated rings. The van der Waals surface area contributed by atoms with Crippen molar-refractivity contribution in [1.29, 1.82) is 0 Å². The summed E-state index contributed by atoms with van der Waals surface area (Å²) < 4.78 is 24.6. The van der Waals surface area contributed by atoms with E-state index in [-0.39, 0.29) is 11.9 Å². The Kier molecular flexibility index (Phi) is 5.04. The largest absolute Gasteiger partial charge is 0.497 e. The van der Waals surface area contributed by atoms with Gasteiger partial charge in [0.25, 0.3) is 0 Å². The Balaban J connectivity index is 2.52. The normalized spacial score (nSPS) is 12.0. The van der Waals surface area contributed by atoms with E-state index < -0.39 is 0 Å². The molecule has 0 aliphatic rings. The zero-order chi connectivity index (χ0) is 15.4. The number of nitrogens with one attached hydrogen (secondary N) is 1. The number of benzene rings is 2. The van der Waals surface area contributed by atoms with E-state index >= 15 is 0 Å². The molecule has 2 aromatic rings. The highest BCUT2D eigenvalue weighted by atomic mass is 35.5. The Morgan fingerprint density at radius 2 is 1.67 bits per heavy atom. The second-order valence-electron chi connectivity index (χ2n) is 4.53. The van der Waals surface area contributed by atoms with Gasteiger partial charge < -0.3 is 14.8 Å². The summed E-state index contributed by atoms with van der Waals surface area (Å²) in [5.41, 5.74) is 1.30. The minimum atomic E-state index is -0.354. The maximum absolute atomic E-state index is 14.1. The van der Waals surface area contributed by atoms with Crippen LogP contribution < -0.4 is 14.8 Å². The molecule has 3 nitrogen and oxygen atoms in total. The number of ether oxygens (including phenoxy) is 2. The van der Waals surface area contributed by atoms with Gasteiger partial charge >= 0.3 is 0 Å². The van der Waals surface area contributed by atoms with Crippen LogP contribution in [0.3, 0.4) is 0 Å². The first-order valence-corrected chi connectivity index (χ1v) is 6.82. The van der Waals surface area contributed by atoms with Gasteiger partial charge in [0.2, 0.25) is 0 Å². The minimum absolute atomic E-state index is 0.319. The fourth-order valence-corrected chi connectivity index (χ4v) is 2.41. The lowest BCUT2D eigenvalue weighted by atomic mass is 9.98. The van der Waals surface area contributed by atoms with Crippen molar-refractivity contribution < 1.29 is 13.9 Å². The van der Waals surface area contributed by atoms with Crippen molar-refractivity contribution in [1.82, 2.24) is 5.32 Å². The highest BCUT2D eigenvalue weighted by Gasteiger charge is 2.18. The molecule has 112 valence electrons. The molecule has 1 unspecified atom stereocenters. The number of hydrogen-bond acceptors (Lipinski definition) is 3. The maximum Gasteiger partial charge on any atom is 0.128 e. The van der Waals surface area contributed by atoms with Crippen LogP contribution in [0.5, 0.6) is 11.5 Å². The molecule has 0 amide bonds. The van der Waals surface area contributed by atoms with Crippen LogP contribution in [0.2, 0.25) is 5.02 Å². The van der Waals surface area contributed by atoms with Crippen LogP contribution in [-0.2, 0) is 0 Å². The number of hydrogen-bond donors (Lipinski definition) is 1. The van der Waals surface area contributed by atoms with E-state index in [2.05, 4.69) is 5.32 Å². The lowest BCUT2D eigenvalue weighted by molar-refractivity contribution is 0.392. The molecule has 0 spiro atoms. The van der Waals surface area contributed by atoms with Crippen LogP contribution in [0, 0.1) is 5.82 Å². The molecule has 0 radical (unpaired) electrons. The van der Waals surface area contributed by atoms with Gasteiger partial charge in [-0.3, -0.25) is 0 Å². The molecule has 1 atom stereocenters. The van der Waals surface area contributed by atoms with Gasteiger partial charge in [-0.1, -0.05) is 11.6 Å². The number of methoxy groups -OCH3 is 2. The van der Waals surface area contributed by atoms with Crippen LogP contribution in [0.25, 0.3) is 0 Å². The summed E-state index contributed by atoms with van der Waals surface area (Å²) in [5.74, 6) is 0.972. The van der Waals surface area contributed by atoms with E-state index in [1.165, 1.54) is 12.1 Å². The summed E-state index contributed by atoms with van der Waals surface area (Å²) >= 11 is 5.98. The Labute approximate surface area is 128 Å². The fraction of sp³-hybridized carbons (Fsp3) is 0.250. The van der Waals surface area contributed by atoms with E-state index in [4.69, 9.17) is 21.1 Å². The van der Waals surface area contributed by atoms with E-state index in [0.29, 0.717) is 22.1 Å². The summed E-state index contributed by atoms with van der Waals surface area (Å²) in [6.07, 6.45) is 0. The molecule has 1 N–H and O–H groups in total. The van der Waals surface area contributed by atoms with Crippen molar-refractivity contribution in [2.45, 2.75) is 6.04 Å². The Morgan fingerprint density at radius 1 is 1.05 bits per heavy atom. The molecular formula is C16H17ClFNO2. The smallest absolute Gasteiger partial charge is 0.128 e. The second kappa shape index (κ2) is 6.78. The van der Waals surface area contributed by atoms with Gasteiger partial charge in [0.05, 0.1) is 20.3 Å². The lowest BCUT2D eigenvalue weighted by Crippen LogP contribution is -2.19. The summed E-state index contributed by atoms with van der Waals surface area (Å²) in [6.45, 7) is 0. The third kappa shape index (κ3) is 3.46. The molecule has 0 saturated heterocycles. The maximum atomic E-state index is 14.1. The lowest BCUT2D eigenvalue weighted by Gasteiger charge is -2.19. The number of rotatable bonds is 5. The topological polar surface area (TPSA) is 30.5 Å². The molecule has 0 bridgehead atoms. The predicted octanol–water partition coefficient (Wildman–Crippen LogP) is 3.81. The first-order chi connectivity index (χ1) is 10.1. The summed E-state index contributed by atoms with van der Waals surface area (Å²) in [5, 5.41) is 3.58. The molecule has 0 saturated carbocycles. The Bertz CT molecular complexity index is 611. The quantitative estimate of drug-likeness (QED) is 0.911. The van der Waals surface area contributed by atoms with Crippen molar-refractivity contribution in [3.05, 3.63) is 58.4 Å². The first kappa shape index (κ1) is 15.6. The standard InChI is InChI=1S/C16H17ClFNO2/c1-19-16(14-8-11(17)4-5-15(14)18)10-6-12(20-2)9-13(7-10)21-3/h4-9,16,19H,1-3H3. The van der Waals surface area contributed by atoms with Gasteiger partial charge in [-0.25, -0.2) is 4.39 Å². The molecule has 2 aromatic carbocycles. The zero-order valence-corrected chi connectivity index (χ0v) is 12.9. The van der Waals surface area contributed by atoms with Gasteiger partial charge in [0.1, 0.15) is 17.3 Å². The molecule has 0 aromatic heterocycles. The average molecular weight is 310 g/mol. The van der Waals surface area contributed by atoms with E-state index in [1.807, 2.05) is 12.1 Å². The van der Waals surface area contributed by atoms with Gasteiger partial charge in [-0.05, 0) is 42.9 Å². The summed E-state index contributed by atoms with van der Waals surface area (Å²) in [6, 6.07) is 9.59. The van der Waals surface area contributed by atoms with Gasteiger partial charge in [0, 0.05) is 16.7 Å². The van der Waals surface area contributed by atoms with Crippen LogP contribution in [0.1, 0.15) is 17.2 Å². The average Bonchev–Trinajstić information content (AvgIpc) is 2.51. The van der Waals surface area contributed by atoms with E-state index in [0.717, 1.165) is 5.56 Å². The SMILES string of the molecule is CNC(c1cc(OC)cc(OC)c1)c1cc(Cl)ccc1F. The second-order valence-corrected chi connectivity index (χ2v) is 4.97. The van der Waals surface area contributed by atoms with Gasteiger partial charge in [0.15, 0.2) is 0 Å². The van der Waals surface area contributed by atoms with Gasteiger partial charge in [-0.2, -0.15) is 0 Å². The molecule has 0 heterocycles. The van der Waals surface area contributed by atoms with Crippen LogP contribution in [0.15, 0.2) is 36.4 Å². The van der Waals surface area contributed by atoms with E-state index in [9.17, 15) is 4.39 Å². The first-order valence-electron chi connectivity index (χ1n) is 6.44. The van der Waals surface area contributed by atoms with Gasteiger partial charge in [-0.15, -0.1) is 0 Å². The highest BCUT2D eigenvalue weighted by molar-refractivity contribution is 6.30. The van der Waals surface area contributed by atoms with Crippen LogP contribution in [0.4, 0.5) is 4.39 Å². The van der Waals surface area contributed by atoms with Crippen LogP contribution in [-0.4, -0.2) is 21.3 Å². The van der Waals surface area contributed by atoms with Crippen molar-refractivity contribution in [3.8, 4) is 11.5 Å². The van der Waals surface area contributed by atoms with Crippen molar-refractivity contribution in [2.24, 2.45) is 0 Å². The molecule has 0 aliphatic carbocycles. The molecule has 0 aliphatic heterocycles. The Morgan fingerprint density at radius 3 is 2.19 bits per heavy atom. The third-order valence-corrected chi connectivity index (χ3v) is 3.50. The predicted molar refractivity (Wildman–Crippen MR) is 81.9 cm³/mol. The number of halogens is 2. The summed E-state index contributed by atoms with van der Waals surface area (Å²) in [4.78, 5) is 0. The Hall–Kier alpha value is -1.78. The summed E-state index contributed by atoms with van der Waals surface area (Å²) in [7, 11) is 4.91.